The molecule has 100 valence electrons. The lowest BCUT2D eigenvalue weighted by Crippen LogP contribution is -2.40. The summed E-state index contributed by atoms with van der Waals surface area (Å²) in [5.74, 6) is 0. The number of hydrogen-bond donors (Lipinski definition) is 1. The SMILES string of the molecule is Cc1ccc(C(N)=S)c(N(C)C(C)C(C)(C)C)c1. The van der Waals surface area contributed by atoms with Crippen molar-refractivity contribution in [1.29, 1.82) is 0 Å². The fraction of sp³-hybridized carbons (Fsp3) is 0.533. The number of benzene rings is 1. The van der Waals surface area contributed by atoms with Crippen LogP contribution < -0.4 is 10.6 Å². The van der Waals surface area contributed by atoms with Gasteiger partial charge in [0.2, 0.25) is 0 Å². The molecular weight excluding hydrogens is 240 g/mol. The van der Waals surface area contributed by atoms with Crippen molar-refractivity contribution in [2.75, 3.05) is 11.9 Å². The van der Waals surface area contributed by atoms with E-state index in [-0.39, 0.29) is 5.41 Å². The van der Waals surface area contributed by atoms with Crippen LogP contribution in [0.3, 0.4) is 0 Å². The van der Waals surface area contributed by atoms with Gasteiger partial charge in [0.1, 0.15) is 4.99 Å². The molecule has 2 N–H and O–H groups in total. The van der Waals surface area contributed by atoms with Gasteiger partial charge < -0.3 is 10.6 Å². The first-order valence-electron chi connectivity index (χ1n) is 6.28. The number of rotatable bonds is 3. The molecule has 18 heavy (non-hydrogen) atoms. The molecule has 0 heterocycles. The fourth-order valence-electron chi connectivity index (χ4n) is 1.93. The van der Waals surface area contributed by atoms with E-state index >= 15 is 0 Å². The van der Waals surface area contributed by atoms with Gasteiger partial charge in [-0.1, -0.05) is 39.1 Å². The Morgan fingerprint density at radius 1 is 1.33 bits per heavy atom. The van der Waals surface area contributed by atoms with Gasteiger partial charge in [0.25, 0.3) is 0 Å². The second-order valence-corrected chi connectivity index (χ2v) is 6.48. The maximum Gasteiger partial charge on any atom is 0.106 e. The van der Waals surface area contributed by atoms with E-state index < -0.39 is 0 Å². The predicted molar refractivity (Wildman–Crippen MR) is 84.4 cm³/mol. The lowest BCUT2D eigenvalue weighted by molar-refractivity contribution is 0.329. The van der Waals surface area contributed by atoms with Crippen LogP contribution >= 0.6 is 12.2 Å². The van der Waals surface area contributed by atoms with E-state index in [1.165, 1.54) is 5.56 Å². The van der Waals surface area contributed by atoms with E-state index in [0.717, 1.165) is 11.3 Å². The molecule has 1 atom stereocenters. The number of hydrogen-bond acceptors (Lipinski definition) is 2. The van der Waals surface area contributed by atoms with Gasteiger partial charge >= 0.3 is 0 Å². The molecule has 0 aliphatic carbocycles. The first-order chi connectivity index (χ1) is 8.14. The monoisotopic (exact) mass is 264 g/mol. The van der Waals surface area contributed by atoms with Gasteiger partial charge in [-0.05, 0) is 37.0 Å². The van der Waals surface area contributed by atoms with Crippen LogP contribution in [0.1, 0.15) is 38.8 Å². The van der Waals surface area contributed by atoms with E-state index in [0.29, 0.717) is 11.0 Å². The summed E-state index contributed by atoms with van der Waals surface area (Å²) < 4.78 is 0. The van der Waals surface area contributed by atoms with E-state index in [4.69, 9.17) is 18.0 Å². The van der Waals surface area contributed by atoms with E-state index in [1.807, 2.05) is 12.1 Å². The summed E-state index contributed by atoms with van der Waals surface area (Å²) in [5, 5.41) is 0. The summed E-state index contributed by atoms with van der Waals surface area (Å²) in [6, 6.07) is 6.61. The van der Waals surface area contributed by atoms with Gasteiger partial charge in [-0.3, -0.25) is 0 Å². The zero-order valence-corrected chi connectivity index (χ0v) is 13.1. The molecule has 1 rings (SSSR count). The van der Waals surface area contributed by atoms with Crippen molar-refractivity contribution in [3.8, 4) is 0 Å². The molecule has 0 bridgehead atoms. The molecule has 3 heteroatoms. The lowest BCUT2D eigenvalue weighted by atomic mass is 9.86. The summed E-state index contributed by atoms with van der Waals surface area (Å²) in [7, 11) is 2.10. The molecule has 0 spiro atoms. The van der Waals surface area contributed by atoms with Gasteiger partial charge in [-0.25, -0.2) is 0 Å². The predicted octanol–water partition coefficient (Wildman–Crippen LogP) is 3.50. The normalized spacial score (nSPS) is 13.2. The summed E-state index contributed by atoms with van der Waals surface area (Å²) in [6.07, 6.45) is 0. The third kappa shape index (κ3) is 3.22. The molecule has 2 nitrogen and oxygen atoms in total. The van der Waals surface area contributed by atoms with Crippen molar-refractivity contribution in [3.63, 3.8) is 0 Å². The average molecular weight is 264 g/mol. The van der Waals surface area contributed by atoms with Gasteiger partial charge in [-0.15, -0.1) is 0 Å². The largest absolute Gasteiger partial charge is 0.389 e. The highest BCUT2D eigenvalue weighted by atomic mass is 32.1. The Morgan fingerprint density at radius 3 is 2.33 bits per heavy atom. The number of nitrogens with two attached hydrogens (primary N) is 1. The molecule has 1 aromatic rings. The molecule has 1 aromatic carbocycles. The first kappa shape index (κ1) is 15.0. The maximum absolute atomic E-state index is 5.82. The third-order valence-corrected chi connectivity index (χ3v) is 3.85. The Labute approximate surface area is 116 Å². The van der Waals surface area contributed by atoms with Crippen molar-refractivity contribution in [2.24, 2.45) is 11.1 Å². The van der Waals surface area contributed by atoms with Crippen molar-refractivity contribution in [2.45, 2.75) is 40.7 Å². The maximum atomic E-state index is 5.82. The van der Waals surface area contributed by atoms with Crippen molar-refractivity contribution >= 4 is 22.9 Å². The van der Waals surface area contributed by atoms with Crippen LogP contribution in [0.2, 0.25) is 0 Å². The van der Waals surface area contributed by atoms with Crippen LogP contribution in [-0.2, 0) is 0 Å². The van der Waals surface area contributed by atoms with Crippen LogP contribution in [0.4, 0.5) is 5.69 Å². The topological polar surface area (TPSA) is 29.3 Å². The minimum atomic E-state index is 0.200. The van der Waals surface area contributed by atoms with E-state index in [9.17, 15) is 0 Å². The van der Waals surface area contributed by atoms with E-state index in [2.05, 4.69) is 52.6 Å². The van der Waals surface area contributed by atoms with Crippen molar-refractivity contribution < 1.29 is 0 Å². The summed E-state index contributed by atoms with van der Waals surface area (Å²) in [4.78, 5) is 2.72. The lowest BCUT2D eigenvalue weighted by Gasteiger charge is -2.38. The molecule has 0 radical (unpaired) electrons. The Hall–Kier alpha value is -1.09. The number of thiocarbonyl (C=S) groups is 1. The number of nitrogens with zero attached hydrogens (tertiary/aromatic N) is 1. The Kier molecular flexibility index (Phi) is 4.38. The second kappa shape index (κ2) is 5.27. The highest BCUT2D eigenvalue weighted by Crippen LogP contribution is 2.30. The Bertz CT molecular complexity index is 446. The van der Waals surface area contributed by atoms with Crippen LogP contribution in [0.25, 0.3) is 0 Å². The minimum absolute atomic E-state index is 0.200. The molecule has 0 saturated heterocycles. The third-order valence-electron chi connectivity index (χ3n) is 3.63. The smallest absolute Gasteiger partial charge is 0.106 e. The molecule has 0 amide bonds. The molecule has 0 fully saturated rings. The molecular formula is C15H24N2S. The van der Waals surface area contributed by atoms with Gasteiger partial charge in [0, 0.05) is 24.3 Å². The van der Waals surface area contributed by atoms with Crippen LogP contribution in [0.15, 0.2) is 18.2 Å². The van der Waals surface area contributed by atoms with Gasteiger partial charge in [-0.2, -0.15) is 0 Å². The molecule has 0 saturated carbocycles. The summed E-state index contributed by atoms with van der Waals surface area (Å²) in [6.45, 7) is 11.0. The summed E-state index contributed by atoms with van der Waals surface area (Å²) in [5.41, 5.74) is 9.31. The zero-order valence-electron chi connectivity index (χ0n) is 12.2. The number of anilines is 1. The zero-order chi connectivity index (χ0) is 14.1. The van der Waals surface area contributed by atoms with Crippen LogP contribution in [0, 0.1) is 12.3 Å². The molecule has 0 aliphatic rings. The second-order valence-electron chi connectivity index (χ2n) is 6.04. The highest BCUT2D eigenvalue weighted by Gasteiger charge is 2.25. The molecule has 0 aliphatic heterocycles. The summed E-state index contributed by atoms with van der Waals surface area (Å²) >= 11 is 5.14. The molecule has 1 unspecified atom stereocenters. The van der Waals surface area contributed by atoms with Gasteiger partial charge in [0.15, 0.2) is 0 Å². The quantitative estimate of drug-likeness (QED) is 0.847. The van der Waals surface area contributed by atoms with Crippen molar-refractivity contribution in [3.05, 3.63) is 29.3 Å². The van der Waals surface area contributed by atoms with Crippen LogP contribution in [-0.4, -0.2) is 18.1 Å². The average Bonchev–Trinajstić information content (AvgIpc) is 2.25. The fourth-order valence-corrected chi connectivity index (χ4v) is 2.10. The van der Waals surface area contributed by atoms with Crippen molar-refractivity contribution in [1.82, 2.24) is 0 Å². The minimum Gasteiger partial charge on any atom is -0.389 e. The Balaban J connectivity index is 3.23. The first-order valence-corrected chi connectivity index (χ1v) is 6.68. The molecule has 0 aromatic heterocycles. The van der Waals surface area contributed by atoms with E-state index in [1.54, 1.807) is 0 Å². The highest BCUT2D eigenvalue weighted by molar-refractivity contribution is 7.80. The Morgan fingerprint density at radius 2 is 1.89 bits per heavy atom. The standard InChI is InChI=1S/C15H24N2S/c1-10-7-8-12(14(16)18)13(9-10)17(6)11(2)15(3,4)5/h7-9,11H,1-6H3,(H2,16,18). The van der Waals surface area contributed by atoms with Gasteiger partial charge in [0.05, 0.1) is 0 Å². The number of aryl methyl sites for hydroxylation is 1. The van der Waals surface area contributed by atoms with Crippen LogP contribution in [0.5, 0.6) is 0 Å².